The van der Waals surface area contributed by atoms with Crippen LogP contribution in [0.15, 0.2) is 30.4 Å². The fourth-order valence-electron chi connectivity index (χ4n) is 3.42. The zero-order chi connectivity index (χ0) is 16.5. The molecule has 2 aromatic rings. The molecule has 6 heteroatoms. The molecule has 1 fully saturated rings. The first kappa shape index (κ1) is 15.4. The van der Waals surface area contributed by atoms with Gasteiger partial charge in [-0.1, -0.05) is 36.9 Å². The lowest BCUT2D eigenvalue weighted by molar-refractivity contribution is -0.117. The van der Waals surface area contributed by atoms with E-state index in [1.807, 2.05) is 28.9 Å². The molecule has 5 nitrogen and oxygen atoms in total. The average Bonchev–Trinajstić information content (AvgIpc) is 2.84. The molecule has 0 saturated heterocycles. The van der Waals surface area contributed by atoms with E-state index in [0.717, 1.165) is 18.5 Å². The van der Waals surface area contributed by atoms with Crippen LogP contribution in [0.3, 0.4) is 0 Å². The molecule has 1 N–H and O–H groups in total. The van der Waals surface area contributed by atoms with Crippen LogP contribution in [0.5, 0.6) is 0 Å². The summed E-state index contributed by atoms with van der Waals surface area (Å²) in [6.45, 7) is 0. The maximum Gasteiger partial charge on any atom is 0.226 e. The van der Waals surface area contributed by atoms with E-state index < -0.39 is 0 Å². The number of amides is 1. The minimum Gasteiger partial charge on any atom is -0.296 e. The molecule has 1 saturated carbocycles. The third kappa shape index (κ3) is 2.96. The average molecular weight is 343 g/mol. The van der Waals surface area contributed by atoms with Gasteiger partial charge in [0.25, 0.3) is 0 Å². The van der Waals surface area contributed by atoms with Crippen LogP contribution >= 0.6 is 11.6 Å². The third-order valence-corrected chi connectivity index (χ3v) is 4.92. The third-order valence-electron chi connectivity index (χ3n) is 4.71. The largest absolute Gasteiger partial charge is 0.296 e. The first-order valence-corrected chi connectivity index (χ1v) is 8.82. The van der Waals surface area contributed by atoms with Crippen molar-refractivity contribution in [2.75, 3.05) is 5.32 Å². The minimum absolute atomic E-state index is 0.0217. The Hall–Kier alpha value is -2.14. The number of hydrogen-bond donors (Lipinski definition) is 1. The number of anilines is 1. The summed E-state index contributed by atoms with van der Waals surface area (Å²) in [5.74, 6) is 1.02. The van der Waals surface area contributed by atoms with Crippen LogP contribution in [0, 0.1) is 5.92 Å². The molecular weight excluding hydrogens is 324 g/mol. The van der Waals surface area contributed by atoms with Gasteiger partial charge in [0.15, 0.2) is 5.65 Å². The summed E-state index contributed by atoms with van der Waals surface area (Å²) in [7, 11) is 0. The van der Waals surface area contributed by atoms with Crippen molar-refractivity contribution in [2.45, 2.75) is 38.5 Å². The standard InChI is InChI=1S/C18H19ClN4O/c19-15-10-9-14-17(21-15)23(13-7-4-8-13)18(20-14)22-16(24)11-12-5-2-1-3-6-12/h4,7-10,12H,1-3,5-6,11H2,(H,20,22,24). The maximum atomic E-state index is 12.5. The fourth-order valence-corrected chi connectivity index (χ4v) is 3.57. The zero-order valence-electron chi connectivity index (χ0n) is 13.3. The number of aromatic nitrogens is 3. The Balaban J connectivity index is 1.60. The van der Waals surface area contributed by atoms with Crippen molar-refractivity contribution in [1.29, 1.82) is 0 Å². The first-order chi connectivity index (χ1) is 11.7. The normalized spacial score (nSPS) is 17.6. The lowest BCUT2D eigenvalue weighted by Gasteiger charge is -2.21. The van der Waals surface area contributed by atoms with Gasteiger partial charge < -0.3 is 0 Å². The van der Waals surface area contributed by atoms with E-state index in [0.29, 0.717) is 34.6 Å². The van der Waals surface area contributed by atoms with Crippen molar-refractivity contribution in [1.82, 2.24) is 14.5 Å². The molecule has 0 aliphatic heterocycles. The second-order valence-corrected chi connectivity index (χ2v) is 6.84. The van der Waals surface area contributed by atoms with Crippen molar-refractivity contribution in [3.63, 3.8) is 0 Å². The van der Waals surface area contributed by atoms with E-state index >= 15 is 0 Å². The van der Waals surface area contributed by atoms with Gasteiger partial charge in [0.1, 0.15) is 10.7 Å². The Bertz CT molecular complexity index is 846. The smallest absolute Gasteiger partial charge is 0.226 e. The van der Waals surface area contributed by atoms with Crippen molar-refractivity contribution in [3.05, 3.63) is 35.5 Å². The van der Waals surface area contributed by atoms with Crippen molar-refractivity contribution >= 4 is 40.3 Å². The molecule has 2 aliphatic rings. The van der Waals surface area contributed by atoms with Gasteiger partial charge in [-0.15, -0.1) is 0 Å². The molecular formula is C18H19ClN4O. The number of carbonyl (C=O) groups excluding carboxylic acids is 1. The summed E-state index contributed by atoms with van der Waals surface area (Å²) in [6, 6.07) is 3.53. The Kier molecular flexibility index (Phi) is 4.10. The van der Waals surface area contributed by atoms with E-state index in [9.17, 15) is 4.79 Å². The molecule has 0 spiro atoms. The summed E-state index contributed by atoms with van der Waals surface area (Å²) in [4.78, 5) is 21.3. The maximum absolute atomic E-state index is 12.5. The van der Waals surface area contributed by atoms with Gasteiger partial charge in [-0.2, -0.15) is 0 Å². The number of carbonyl (C=O) groups is 1. The Morgan fingerprint density at radius 2 is 2.04 bits per heavy atom. The number of halogens is 1. The van der Waals surface area contributed by atoms with Gasteiger partial charge in [-0.05, 0) is 43.0 Å². The number of fused-ring (bicyclic) bond motifs is 1. The molecule has 0 radical (unpaired) electrons. The number of nitrogens with one attached hydrogen (secondary N) is 1. The van der Waals surface area contributed by atoms with E-state index in [1.54, 1.807) is 6.07 Å². The highest BCUT2D eigenvalue weighted by Gasteiger charge is 2.21. The minimum atomic E-state index is 0.0217. The van der Waals surface area contributed by atoms with Gasteiger partial charge in [0, 0.05) is 6.42 Å². The predicted octanol–water partition coefficient (Wildman–Crippen LogP) is 4.40. The number of rotatable bonds is 4. The quantitative estimate of drug-likeness (QED) is 0.837. The van der Waals surface area contributed by atoms with Crippen LogP contribution in [0.2, 0.25) is 5.15 Å². The molecule has 2 aliphatic carbocycles. The highest BCUT2D eigenvalue weighted by atomic mass is 35.5. The van der Waals surface area contributed by atoms with E-state index in [1.165, 1.54) is 19.3 Å². The molecule has 24 heavy (non-hydrogen) atoms. The highest BCUT2D eigenvalue weighted by Crippen LogP contribution is 2.29. The topological polar surface area (TPSA) is 59.8 Å². The molecule has 4 rings (SSSR count). The van der Waals surface area contributed by atoms with Gasteiger partial charge >= 0.3 is 0 Å². The number of hydrogen-bond acceptors (Lipinski definition) is 3. The van der Waals surface area contributed by atoms with Crippen LogP contribution in [-0.2, 0) is 4.79 Å². The summed E-state index contributed by atoms with van der Waals surface area (Å²) < 4.78 is 1.85. The lowest BCUT2D eigenvalue weighted by atomic mass is 9.87. The second kappa shape index (κ2) is 6.40. The van der Waals surface area contributed by atoms with Gasteiger partial charge in [0.2, 0.25) is 11.9 Å². The molecule has 0 atom stereocenters. The molecule has 0 unspecified atom stereocenters. The number of imidazole rings is 1. The first-order valence-electron chi connectivity index (χ1n) is 8.44. The molecule has 0 aromatic carbocycles. The summed E-state index contributed by atoms with van der Waals surface area (Å²) in [5, 5.41) is 3.38. The Morgan fingerprint density at radius 1 is 1.25 bits per heavy atom. The number of allylic oxidation sites excluding steroid dienone is 4. The van der Waals surface area contributed by atoms with E-state index in [-0.39, 0.29) is 5.91 Å². The van der Waals surface area contributed by atoms with Gasteiger partial charge in [0.05, 0.1) is 5.70 Å². The molecule has 2 heterocycles. The van der Waals surface area contributed by atoms with Gasteiger partial charge in [-0.3, -0.25) is 14.7 Å². The fraction of sp³-hybridized carbons (Fsp3) is 0.389. The van der Waals surface area contributed by atoms with Crippen molar-refractivity contribution in [2.24, 2.45) is 5.92 Å². The second-order valence-electron chi connectivity index (χ2n) is 6.45. The summed E-state index contributed by atoms with van der Waals surface area (Å²) >= 11 is 6.02. The summed E-state index contributed by atoms with van der Waals surface area (Å²) in [6.07, 6.45) is 12.5. The monoisotopic (exact) mass is 342 g/mol. The Labute approximate surface area is 145 Å². The highest BCUT2D eigenvalue weighted by molar-refractivity contribution is 6.29. The van der Waals surface area contributed by atoms with Crippen LogP contribution in [0.1, 0.15) is 38.5 Å². The SMILES string of the molecule is O=C(CC1CCCCC1)Nc1nc2ccc(Cl)nc2n1C1=CC=C1. The van der Waals surface area contributed by atoms with E-state index in [2.05, 4.69) is 15.3 Å². The molecule has 1 amide bonds. The van der Waals surface area contributed by atoms with Gasteiger partial charge in [-0.25, -0.2) is 9.97 Å². The Morgan fingerprint density at radius 3 is 2.75 bits per heavy atom. The van der Waals surface area contributed by atoms with Crippen LogP contribution in [0.25, 0.3) is 16.9 Å². The van der Waals surface area contributed by atoms with Crippen molar-refractivity contribution in [3.8, 4) is 0 Å². The molecule has 0 bridgehead atoms. The number of pyridine rings is 1. The van der Waals surface area contributed by atoms with E-state index in [4.69, 9.17) is 11.6 Å². The van der Waals surface area contributed by atoms with Crippen LogP contribution < -0.4 is 5.32 Å². The van der Waals surface area contributed by atoms with Crippen LogP contribution in [0.4, 0.5) is 5.95 Å². The molecule has 2 aromatic heterocycles. The number of nitrogens with zero attached hydrogens (tertiary/aromatic N) is 3. The summed E-state index contributed by atoms with van der Waals surface area (Å²) in [5.41, 5.74) is 2.32. The van der Waals surface area contributed by atoms with Crippen LogP contribution in [-0.4, -0.2) is 20.4 Å². The molecule has 124 valence electrons. The van der Waals surface area contributed by atoms with Crippen molar-refractivity contribution < 1.29 is 4.79 Å². The zero-order valence-corrected chi connectivity index (χ0v) is 14.1. The lowest BCUT2D eigenvalue weighted by Crippen LogP contribution is -2.20. The predicted molar refractivity (Wildman–Crippen MR) is 95.8 cm³/mol.